The van der Waals surface area contributed by atoms with E-state index in [1.165, 1.54) is 11.5 Å². The van der Waals surface area contributed by atoms with Gasteiger partial charge in [0.05, 0.1) is 0 Å². The summed E-state index contributed by atoms with van der Waals surface area (Å²) in [5.74, 6) is 0.322. The Kier molecular flexibility index (Phi) is 3.94. The second-order valence-corrected chi connectivity index (χ2v) is 3.61. The van der Waals surface area contributed by atoms with E-state index >= 15 is 0 Å². The van der Waals surface area contributed by atoms with E-state index in [9.17, 15) is 4.79 Å². The van der Waals surface area contributed by atoms with Crippen LogP contribution in [0.4, 0.5) is 0 Å². The highest BCUT2D eigenvalue weighted by atomic mass is 32.1. The molecule has 14 heavy (non-hydrogen) atoms. The van der Waals surface area contributed by atoms with Gasteiger partial charge >= 0.3 is 0 Å². The van der Waals surface area contributed by atoms with Crippen LogP contribution in [0.1, 0.15) is 0 Å². The van der Waals surface area contributed by atoms with Crippen molar-refractivity contribution in [2.75, 3.05) is 0 Å². The van der Waals surface area contributed by atoms with E-state index in [4.69, 9.17) is 5.11 Å². The molecule has 4 heteroatoms. The number of aromatic hydroxyl groups is 1. The molecule has 0 aliphatic heterocycles. The number of rotatable bonds is 0. The highest BCUT2D eigenvalue weighted by Gasteiger charge is 1.82. The largest absolute Gasteiger partial charge is 0.508 e. The van der Waals surface area contributed by atoms with E-state index in [-0.39, 0.29) is 5.56 Å². The van der Waals surface area contributed by atoms with E-state index in [0.717, 1.165) is 0 Å². The number of phenols is 1. The van der Waals surface area contributed by atoms with Gasteiger partial charge in [-0.15, -0.1) is 0 Å². The van der Waals surface area contributed by atoms with Gasteiger partial charge in [0.15, 0.2) is 0 Å². The lowest BCUT2D eigenvalue weighted by Crippen LogP contribution is -2.05. The molecule has 0 fully saturated rings. The average Bonchev–Trinajstić information content (AvgIpc) is 2.53. The first-order valence-electron chi connectivity index (χ1n) is 4.05. The number of para-hydroxylation sites is 1. The summed E-state index contributed by atoms with van der Waals surface area (Å²) >= 11 is 1.41. The molecule has 0 aliphatic carbocycles. The summed E-state index contributed by atoms with van der Waals surface area (Å²) in [5.41, 5.74) is 0.0741. The highest BCUT2D eigenvalue weighted by molar-refractivity contribution is 7.04. The van der Waals surface area contributed by atoms with Gasteiger partial charge < -0.3 is 5.11 Å². The van der Waals surface area contributed by atoms with E-state index < -0.39 is 0 Å². The van der Waals surface area contributed by atoms with Gasteiger partial charge in [-0.1, -0.05) is 29.7 Å². The van der Waals surface area contributed by atoms with Gasteiger partial charge in [-0.25, -0.2) is 0 Å². The number of hydrogen-bond donors (Lipinski definition) is 1. The molecule has 74 valence electrons. The lowest BCUT2D eigenvalue weighted by Gasteiger charge is -1.82. The Balaban J connectivity index is 0.000000140. The van der Waals surface area contributed by atoms with Gasteiger partial charge in [0, 0.05) is 18.5 Å². The third-order valence-electron chi connectivity index (χ3n) is 1.50. The Bertz CT molecular complexity index is 419. The van der Waals surface area contributed by atoms with Gasteiger partial charge in [0.2, 0.25) is 0 Å². The lowest BCUT2D eigenvalue weighted by molar-refractivity contribution is 0.475. The first kappa shape index (κ1) is 10.5. The third kappa shape index (κ3) is 3.45. The van der Waals surface area contributed by atoms with Crippen molar-refractivity contribution in [3.05, 3.63) is 52.1 Å². The predicted octanol–water partition coefficient (Wildman–Crippen LogP) is 1.84. The summed E-state index contributed by atoms with van der Waals surface area (Å²) < 4.78 is 1.57. The van der Waals surface area contributed by atoms with Crippen molar-refractivity contribution in [1.82, 2.24) is 3.96 Å². The van der Waals surface area contributed by atoms with Crippen LogP contribution < -0.4 is 5.56 Å². The normalized spacial score (nSPS) is 8.93. The fraction of sp³-hybridized carbons (Fsp3) is 0.100. The molecule has 0 saturated carbocycles. The molecular formula is C10H11NO2S. The van der Waals surface area contributed by atoms with Crippen LogP contribution in [-0.4, -0.2) is 9.06 Å². The Hall–Kier alpha value is -1.55. The quantitative estimate of drug-likeness (QED) is 0.719. The lowest BCUT2D eigenvalue weighted by atomic mass is 10.3. The van der Waals surface area contributed by atoms with Crippen molar-refractivity contribution in [1.29, 1.82) is 0 Å². The topological polar surface area (TPSA) is 42.2 Å². The molecule has 1 aromatic heterocycles. The van der Waals surface area contributed by atoms with Crippen LogP contribution in [0.3, 0.4) is 0 Å². The minimum Gasteiger partial charge on any atom is -0.508 e. The van der Waals surface area contributed by atoms with Crippen LogP contribution in [0.2, 0.25) is 0 Å². The zero-order valence-electron chi connectivity index (χ0n) is 7.75. The fourth-order valence-electron chi connectivity index (χ4n) is 0.765. The smallest absolute Gasteiger partial charge is 0.260 e. The first-order chi connectivity index (χ1) is 6.70. The van der Waals surface area contributed by atoms with E-state index in [2.05, 4.69) is 0 Å². The molecule has 0 unspecified atom stereocenters. The molecule has 0 bridgehead atoms. The molecule has 2 rings (SSSR count). The summed E-state index contributed by atoms with van der Waals surface area (Å²) in [6.45, 7) is 0. The maximum atomic E-state index is 10.4. The maximum Gasteiger partial charge on any atom is 0.260 e. The van der Waals surface area contributed by atoms with Crippen molar-refractivity contribution >= 4 is 11.5 Å². The van der Waals surface area contributed by atoms with Crippen molar-refractivity contribution in [3.63, 3.8) is 0 Å². The average molecular weight is 209 g/mol. The van der Waals surface area contributed by atoms with E-state index in [1.54, 1.807) is 46.7 Å². The molecule has 0 amide bonds. The highest BCUT2D eigenvalue weighted by Crippen LogP contribution is 2.02. The van der Waals surface area contributed by atoms with E-state index in [1.807, 2.05) is 6.07 Å². The molecular weight excluding hydrogens is 198 g/mol. The van der Waals surface area contributed by atoms with Crippen LogP contribution in [0.25, 0.3) is 0 Å². The van der Waals surface area contributed by atoms with Crippen LogP contribution in [0.15, 0.2) is 46.6 Å². The summed E-state index contributed by atoms with van der Waals surface area (Å²) in [5, 5.41) is 10.4. The summed E-state index contributed by atoms with van der Waals surface area (Å²) in [6.07, 6.45) is 0. The Labute approximate surface area is 86.0 Å². The van der Waals surface area contributed by atoms with Gasteiger partial charge in [-0.2, -0.15) is 0 Å². The minimum atomic E-state index is 0.0741. The van der Waals surface area contributed by atoms with Crippen molar-refractivity contribution in [2.24, 2.45) is 7.05 Å². The number of aryl methyl sites for hydroxylation is 1. The Morgan fingerprint density at radius 1 is 1.21 bits per heavy atom. The van der Waals surface area contributed by atoms with Gasteiger partial charge in [0.1, 0.15) is 5.75 Å². The number of benzene rings is 1. The van der Waals surface area contributed by atoms with Crippen LogP contribution in [-0.2, 0) is 7.05 Å². The van der Waals surface area contributed by atoms with E-state index in [0.29, 0.717) is 5.75 Å². The second kappa shape index (κ2) is 5.24. The SMILES string of the molecule is Cn1sccc1=O.Oc1ccccc1. The molecule has 1 aromatic carbocycles. The second-order valence-electron chi connectivity index (χ2n) is 2.58. The summed E-state index contributed by atoms with van der Waals surface area (Å²) in [6, 6.07) is 10.3. The van der Waals surface area contributed by atoms with Gasteiger partial charge in [0.25, 0.3) is 5.56 Å². The Morgan fingerprint density at radius 2 is 1.86 bits per heavy atom. The predicted molar refractivity (Wildman–Crippen MR) is 57.7 cm³/mol. The number of nitrogens with zero attached hydrogens (tertiary/aromatic N) is 1. The molecule has 0 aliphatic rings. The van der Waals surface area contributed by atoms with Crippen molar-refractivity contribution in [3.8, 4) is 5.75 Å². The summed E-state index contributed by atoms with van der Waals surface area (Å²) in [7, 11) is 1.74. The zero-order chi connectivity index (χ0) is 10.4. The molecule has 0 radical (unpaired) electrons. The van der Waals surface area contributed by atoms with Gasteiger partial charge in [-0.05, 0) is 12.1 Å². The molecule has 0 spiro atoms. The monoisotopic (exact) mass is 209 g/mol. The molecule has 2 aromatic rings. The Morgan fingerprint density at radius 3 is 2.07 bits per heavy atom. The van der Waals surface area contributed by atoms with Crippen molar-refractivity contribution in [2.45, 2.75) is 0 Å². The van der Waals surface area contributed by atoms with Crippen molar-refractivity contribution < 1.29 is 5.11 Å². The van der Waals surface area contributed by atoms with Crippen LogP contribution in [0, 0.1) is 0 Å². The number of hydrogen-bond acceptors (Lipinski definition) is 3. The zero-order valence-corrected chi connectivity index (χ0v) is 8.57. The molecule has 3 nitrogen and oxygen atoms in total. The third-order valence-corrected chi connectivity index (χ3v) is 2.25. The number of phenolic OH excluding ortho intramolecular Hbond substituents is 1. The standard InChI is InChI=1S/C6H6O.C4H5NOS/c7-6-4-2-1-3-5-6;1-5-4(6)2-3-7-5/h1-5,7H;2-3H,1H3. The van der Waals surface area contributed by atoms with Crippen LogP contribution >= 0.6 is 11.5 Å². The minimum absolute atomic E-state index is 0.0741. The number of aromatic nitrogens is 1. The summed E-state index contributed by atoms with van der Waals surface area (Å²) in [4.78, 5) is 10.4. The fourth-order valence-corrected chi connectivity index (χ4v) is 1.29. The molecule has 0 atom stereocenters. The molecule has 0 saturated heterocycles. The molecule has 1 heterocycles. The van der Waals surface area contributed by atoms with Crippen LogP contribution in [0.5, 0.6) is 5.75 Å². The maximum absolute atomic E-state index is 10.4. The first-order valence-corrected chi connectivity index (χ1v) is 4.89. The molecule has 1 N–H and O–H groups in total. The van der Waals surface area contributed by atoms with Gasteiger partial charge in [-0.3, -0.25) is 8.75 Å².